The summed E-state index contributed by atoms with van der Waals surface area (Å²) in [6.07, 6.45) is 5.64. The van der Waals surface area contributed by atoms with Crippen LogP contribution in [0.4, 0.5) is 4.20 Å². The molecule has 1 aromatic rings. The van der Waals surface area contributed by atoms with Gasteiger partial charge >= 0.3 is 7.68 Å². The van der Waals surface area contributed by atoms with Gasteiger partial charge in [0.05, 0.1) is 6.61 Å². The Kier molecular flexibility index (Phi) is 7.53. The molecule has 0 bridgehead atoms. The fourth-order valence-corrected chi connectivity index (χ4v) is 3.01. The molecule has 1 unspecified atom stereocenters. The maximum Gasteiger partial charge on any atom is 0.389 e. The van der Waals surface area contributed by atoms with Crippen LogP contribution in [0.5, 0.6) is 0 Å². The number of allylic oxidation sites excluding steroid dienone is 3. The highest BCUT2D eigenvalue weighted by Gasteiger charge is 2.15. The van der Waals surface area contributed by atoms with Crippen molar-refractivity contribution in [2.45, 2.75) is 40.2 Å². The fraction of sp³-hybridized carbons (Fsp3) is 0.467. The molecule has 21 heavy (non-hydrogen) atoms. The third-order valence-corrected chi connectivity index (χ3v) is 4.16. The first-order valence-electron chi connectivity index (χ1n) is 6.75. The zero-order valence-electron chi connectivity index (χ0n) is 12.6. The highest BCUT2D eigenvalue weighted by Crippen LogP contribution is 2.41. The predicted molar refractivity (Wildman–Crippen MR) is 87.2 cm³/mol. The molecule has 0 radical (unpaired) electrons. The van der Waals surface area contributed by atoms with Gasteiger partial charge in [-0.15, -0.1) is 11.3 Å². The van der Waals surface area contributed by atoms with E-state index in [2.05, 4.69) is 32.9 Å². The number of halogens is 1. The van der Waals surface area contributed by atoms with Crippen molar-refractivity contribution in [1.82, 2.24) is 0 Å². The highest BCUT2D eigenvalue weighted by atomic mass is 32.1. The SMILES string of the molecule is CC(C)=CCC/C(C)=C/c1ccc(COCP(=O)(O)F)s1. The van der Waals surface area contributed by atoms with Gasteiger partial charge in [0.1, 0.15) is 0 Å². The minimum absolute atomic E-state index is 0.157. The summed E-state index contributed by atoms with van der Waals surface area (Å²) in [4.78, 5) is 10.5. The fourth-order valence-electron chi connectivity index (χ4n) is 1.71. The molecule has 0 saturated carbocycles. The van der Waals surface area contributed by atoms with Crippen LogP contribution in [0, 0.1) is 0 Å². The van der Waals surface area contributed by atoms with Crippen molar-refractivity contribution in [1.29, 1.82) is 0 Å². The van der Waals surface area contributed by atoms with E-state index >= 15 is 0 Å². The molecule has 6 heteroatoms. The maximum atomic E-state index is 12.4. The van der Waals surface area contributed by atoms with Crippen molar-refractivity contribution in [3.63, 3.8) is 0 Å². The Bertz CT molecular complexity index is 553. The molecule has 1 rings (SSSR count). The molecule has 0 aliphatic carbocycles. The number of hydrogen-bond donors (Lipinski definition) is 1. The number of rotatable bonds is 8. The van der Waals surface area contributed by atoms with Crippen LogP contribution in [0.25, 0.3) is 6.08 Å². The largest absolute Gasteiger partial charge is 0.389 e. The van der Waals surface area contributed by atoms with E-state index in [0.29, 0.717) is 0 Å². The minimum Gasteiger partial charge on any atom is -0.363 e. The zero-order chi connectivity index (χ0) is 15.9. The Hall–Kier alpha value is -0.740. The van der Waals surface area contributed by atoms with Crippen molar-refractivity contribution >= 4 is 25.1 Å². The molecule has 0 amide bonds. The summed E-state index contributed by atoms with van der Waals surface area (Å²) in [6, 6.07) is 3.86. The van der Waals surface area contributed by atoms with Crippen molar-refractivity contribution in [2.24, 2.45) is 0 Å². The summed E-state index contributed by atoms with van der Waals surface area (Å²) in [5.41, 5.74) is 2.62. The topological polar surface area (TPSA) is 46.5 Å². The quantitative estimate of drug-likeness (QED) is 0.503. The summed E-state index contributed by atoms with van der Waals surface area (Å²) in [6.45, 7) is 6.43. The normalized spacial score (nSPS) is 14.8. The summed E-state index contributed by atoms with van der Waals surface area (Å²) in [7, 11) is -4.57. The number of hydrogen-bond acceptors (Lipinski definition) is 3. The van der Waals surface area contributed by atoms with Gasteiger partial charge in [0.2, 0.25) is 0 Å². The first kappa shape index (κ1) is 18.3. The summed E-state index contributed by atoms with van der Waals surface area (Å²) in [5.74, 6) is 0. The van der Waals surface area contributed by atoms with Gasteiger partial charge in [-0.05, 0) is 51.8 Å². The van der Waals surface area contributed by atoms with E-state index in [9.17, 15) is 8.76 Å². The van der Waals surface area contributed by atoms with E-state index in [4.69, 9.17) is 9.63 Å². The average molecular weight is 332 g/mol. The lowest BCUT2D eigenvalue weighted by atomic mass is 10.1. The van der Waals surface area contributed by atoms with Gasteiger partial charge in [-0.2, -0.15) is 4.20 Å². The Balaban J connectivity index is 2.47. The van der Waals surface area contributed by atoms with Gasteiger partial charge in [-0.1, -0.05) is 17.2 Å². The molecule has 0 saturated heterocycles. The van der Waals surface area contributed by atoms with Crippen LogP contribution in [-0.2, 0) is 15.9 Å². The first-order chi connectivity index (χ1) is 9.76. The lowest BCUT2D eigenvalue weighted by molar-refractivity contribution is 0.152. The van der Waals surface area contributed by atoms with Crippen molar-refractivity contribution < 1.29 is 18.4 Å². The maximum absolute atomic E-state index is 12.4. The summed E-state index contributed by atoms with van der Waals surface area (Å²) >= 11 is 1.54. The second kappa shape index (κ2) is 8.64. The molecule has 0 aromatic carbocycles. The zero-order valence-corrected chi connectivity index (χ0v) is 14.3. The summed E-state index contributed by atoms with van der Waals surface area (Å²) in [5, 5.41) is 0. The second-order valence-corrected chi connectivity index (χ2v) is 7.90. The Labute approximate surface area is 129 Å². The van der Waals surface area contributed by atoms with E-state index in [1.807, 2.05) is 12.1 Å². The van der Waals surface area contributed by atoms with E-state index in [-0.39, 0.29) is 6.61 Å². The molecule has 3 nitrogen and oxygen atoms in total. The van der Waals surface area contributed by atoms with Gasteiger partial charge < -0.3 is 9.63 Å². The third-order valence-electron chi connectivity index (χ3n) is 2.66. The average Bonchev–Trinajstić information content (AvgIpc) is 2.74. The molecule has 1 heterocycles. The van der Waals surface area contributed by atoms with Crippen molar-refractivity contribution in [3.05, 3.63) is 39.1 Å². The van der Waals surface area contributed by atoms with Crippen LogP contribution >= 0.6 is 19.0 Å². The van der Waals surface area contributed by atoms with E-state index in [1.54, 1.807) is 11.3 Å². The van der Waals surface area contributed by atoms with Gasteiger partial charge in [0, 0.05) is 9.75 Å². The third kappa shape index (κ3) is 8.99. The Morgan fingerprint density at radius 1 is 1.43 bits per heavy atom. The van der Waals surface area contributed by atoms with Crippen LogP contribution in [0.3, 0.4) is 0 Å². The lowest BCUT2D eigenvalue weighted by Gasteiger charge is -2.01. The smallest absolute Gasteiger partial charge is 0.363 e. The van der Waals surface area contributed by atoms with Crippen molar-refractivity contribution in [2.75, 3.05) is 6.35 Å². The van der Waals surface area contributed by atoms with Crippen LogP contribution < -0.4 is 0 Å². The minimum atomic E-state index is -4.57. The highest BCUT2D eigenvalue weighted by molar-refractivity contribution is 7.52. The second-order valence-electron chi connectivity index (χ2n) is 5.21. The van der Waals surface area contributed by atoms with E-state index in [1.165, 1.54) is 11.1 Å². The van der Waals surface area contributed by atoms with E-state index < -0.39 is 14.0 Å². The molecule has 1 atom stereocenters. The predicted octanol–water partition coefficient (Wildman–Crippen LogP) is 5.53. The molecule has 118 valence electrons. The number of thiophene rings is 1. The van der Waals surface area contributed by atoms with E-state index in [0.717, 1.165) is 22.6 Å². The molecule has 0 aliphatic rings. The standard InChI is InChI=1S/C15H22FO3PS/c1-12(2)5-4-6-13(3)9-14-7-8-15(21-14)10-19-11-20(16,17)18/h5,7-9H,4,6,10-11H2,1-3H3,(H,17,18)/b13-9+. The molecule has 1 N–H and O–H groups in total. The Morgan fingerprint density at radius 3 is 2.76 bits per heavy atom. The van der Waals surface area contributed by atoms with Gasteiger partial charge in [-0.25, -0.2) is 0 Å². The number of ether oxygens (including phenoxy) is 1. The monoisotopic (exact) mass is 332 g/mol. The molecule has 0 fully saturated rings. The van der Waals surface area contributed by atoms with Crippen LogP contribution in [-0.4, -0.2) is 11.2 Å². The van der Waals surface area contributed by atoms with Gasteiger partial charge in [-0.3, -0.25) is 4.57 Å². The lowest BCUT2D eigenvalue weighted by Crippen LogP contribution is -1.91. The van der Waals surface area contributed by atoms with Gasteiger partial charge in [0.15, 0.2) is 6.35 Å². The molecule has 1 aromatic heterocycles. The van der Waals surface area contributed by atoms with Crippen LogP contribution in [0.15, 0.2) is 29.4 Å². The Morgan fingerprint density at radius 2 is 2.14 bits per heavy atom. The molecule has 0 spiro atoms. The first-order valence-corrected chi connectivity index (χ1v) is 9.30. The van der Waals surface area contributed by atoms with Crippen LogP contribution in [0.2, 0.25) is 0 Å². The van der Waals surface area contributed by atoms with Gasteiger partial charge in [0.25, 0.3) is 0 Å². The summed E-state index contributed by atoms with van der Waals surface area (Å²) < 4.78 is 27.8. The molecular formula is C15H22FO3PS. The molecule has 0 aliphatic heterocycles. The van der Waals surface area contributed by atoms with Crippen LogP contribution in [0.1, 0.15) is 43.4 Å². The van der Waals surface area contributed by atoms with Crippen molar-refractivity contribution in [3.8, 4) is 0 Å². The molecular weight excluding hydrogens is 310 g/mol.